The molecular weight excluding hydrogens is 268 g/mol. The van der Waals surface area contributed by atoms with Gasteiger partial charge in [0.05, 0.1) is 12.5 Å². The van der Waals surface area contributed by atoms with E-state index in [-0.39, 0.29) is 12.3 Å². The second-order valence-corrected chi connectivity index (χ2v) is 5.58. The smallest absolute Gasteiger partial charge is 0.235 e. The van der Waals surface area contributed by atoms with E-state index in [1.165, 1.54) is 6.42 Å². The molecule has 2 amide bonds. The zero-order valence-corrected chi connectivity index (χ0v) is 13.4. The molecule has 0 bridgehead atoms. The molecule has 1 heterocycles. The molecule has 122 valence electrons. The fourth-order valence-electron chi connectivity index (χ4n) is 2.66. The van der Waals surface area contributed by atoms with Gasteiger partial charge in [-0.15, -0.1) is 0 Å². The molecule has 1 aliphatic rings. The molecule has 0 aromatic rings. The van der Waals surface area contributed by atoms with Crippen molar-refractivity contribution < 1.29 is 9.59 Å². The Morgan fingerprint density at radius 3 is 2.33 bits per heavy atom. The number of carbonyl (C=O) groups is 2. The summed E-state index contributed by atoms with van der Waals surface area (Å²) in [4.78, 5) is 27.8. The Bertz CT molecular complexity index is 326. The first-order valence-electron chi connectivity index (χ1n) is 8.11. The van der Waals surface area contributed by atoms with Crippen LogP contribution < -0.4 is 11.1 Å². The Labute approximate surface area is 128 Å². The van der Waals surface area contributed by atoms with Gasteiger partial charge in [-0.2, -0.15) is 0 Å². The Hall–Kier alpha value is -1.14. The van der Waals surface area contributed by atoms with Gasteiger partial charge in [0.2, 0.25) is 11.8 Å². The molecule has 0 aromatic carbocycles. The standard InChI is InChI=1S/C15H30N4O2/c1-3-18(4-2)11-8-17-13(15(16)21)12-14(20)19-9-6-5-7-10-19/h13,17H,3-12H2,1-2H3,(H2,16,21). The molecule has 1 atom stereocenters. The van der Waals surface area contributed by atoms with E-state index in [9.17, 15) is 9.59 Å². The molecule has 6 heteroatoms. The number of nitrogens with zero attached hydrogens (tertiary/aromatic N) is 2. The van der Waals surface area contributed by atoms with Crippen molar-refractivity contribution in [1.29, 1.82) is 0 Å². The lowest BCUT2D eigenvalue weighted by Gasteiger charge is -2.28. The lowest BCUT2D eigenvalue weighted by atomic mass is 10.1. The molecule has 1 fully saturated rings. The Morgan fingerprint density at radius 2 is 1.81 bits per heavy atom. The SMILES string of the molecule is CCN(CC)CCNC(CC(=O)N1CCCCC1)C(N)=O. The molecule has 1 rings (SSSR count). The first-order chi connectivity index (χ1) is 10.1. The number of likely N-dealkylation sites (N-methyl/N-ethyl adjacent to an activating group) is 1. The molecule has 1 unspecified atom stereocenters. The van der Waals surface area contributed by atoms with Crippen molar-refractivity contribution >= 4 is 11.8 Å². The van der Waals surface area contributed by atoms with E-state index in [1.54, 1.807) is 0 Å². The normalized spacial score (nSPS) is 17.0. The van der Waals surface area contributed by atoms with E-state index in [0.29, 0.717) is 6.54 Å². The summed E-state index contributed by atoms with van der Waals surface area (Å²) in [5, 5.41) is 3.12. The van der Waals surface area contributed by atoms with Crippen molar-refractivity contribution in [2.75, 3.05) is 39.3 Å². The number of primary amides is 1. The average Bonchev–Trinajstić information content (AvgIpc) is 2.51. The highest BCUT2D eigenvalue weighted by Gasteiger charge is 2.23. The summed E-state index contributed by atoms with van der Waals surface area (Å²) in [5.74, 6) is -0.409. The zero-order valence-electron chi connectivity index (χ0n) is 13.4. The van der Waals surface area contributed by atoms with Gasteiger partial charge in [0, 0.05) is 26.2 Å². The lowest BCUT2D eigenvalue weighted by molar-refractivity contribution is -0.135. The fourth-order valence-corrected chi connectivity index (χ4v) is 2.66. The van der Waals surface area contributed by atoms with Crippen LogP contribution in [-0.4, -0.2) is 66.9 Å². The van der Waals surface area contributed by atoms with Crippen molar-refractivity contribution in [2.45, 2.75) is 45.6 Å². The number of hydrogen-bond acceptors (Lipinski definition) is 4. The van der Waals surface area contributed by atoms with Gasteiger partial charge in [-0.25, -0.2) is 0 Å². The fraction of sp³-hybridized carbons (Fsp3) is 0.867. The Kier molecular flexibility index (Phi) is 8.30. The molecule has 1 aliphatic heterocycles. The molecule has 0 aromatic heterocycles. The van der Waals surface area contributed by atoms with Crippen molar-refractivity contribution in [3.8, 4) is 0 Å². The minimum atomic E-state index is -0.560. The van der Waals surface area contributed by atoms with Gasteiger partial charge in [0.1, 0.15) is 0 Å². The van der Waals surface area contributed by atoms with Gasteiger partial charge in [-0.3, -0.25) is 9.59 Å². The maximum absolute atomic E-state index is 12.2. The minimum Gasteiger partial charge on any atom is -0.368 e. The van der Waals surface area contributed by atoms with E-state index in [1.807, 2.05) is 4.90 Å². The average molecular weight is 298 g/mol. The summed E-state index contributed by atoms with van der Waals surface area (Å²) in [6.07, 6.45) is 3.48. The van der Waals surface area contributed by atoms with Gasteiger partial charge >= 0.3 is 0 Å². The third-order valence-corrected chi connectivity index (χ3v) is 4.14. The number of nitrogens with one attached hydrogen (secondary N) is 1. The summed E-state index contributed by atoms with van der Waals surface area (Å²) >= 11 is 0. The van der Waals surface area contributed by atoms with Gasteiger partial charge in [0.25, 0.3) is 0 Å². The van der Waals surface area contributed by atoms with Crippen LogP contribution in [0.5, 0.6) is 0 Å². The highest BCUT2D eigenvalue weighted by molar-refractivity contribution is 5.87. The van der Waals surface area contributed by atoms with Crippen LogP contribution in [-0.2, 0) is 9.59 Å². The molecule has 3 N–H and O–H groups in total. The van der Waals surface area contributed by atoms with E-state index >= 15 is 0 Å². The summed E-state index contributed by atoms with van der Waals surface area (Å²) < 4.78 is 0. The third kappa shape index (κ3) is 6.44. The molecule has 0 radical (unpaired) electrons. The second kappa shape index (κ2) is 9.73. The second-order valence-electron chi connectivity index (χ2n) is 5.58. The highest BCUT2D eigenvalue weighted by Crippen LogP contribution is 2.10. The van der Waals surface area contributed by atoms with Crippen LogP contribution >= 0.6 is 0 Å². The Balaban J connectivity index is 2.38. The molecule has 6 nitrogen and oxygen atoms in total. The van der Waals surface area contributed by atoms with Gasteiger partial charge in [0.15, 0.2) is 0 Å². The van der Waals surface area contributed by atoms with Crippen LogP contribution in [0.15, 0.2) is 0 Å². The number of hydrogen-bond donors (Lipinski definition) is 2. The quantitative estimate of drug-likeness (QED) is 0.636. The minimum absolute atomic E-state index is 0.0360. The number of carbonyl (C=O) groups excluding carboxylic acids is 2. The number of likely N-dealkylation sites (tertiary alicyclic amines) is 1. The number of rotatable bonds is 9. The molecule has 1 saturated heterocycles. The predicted octanol–water partition coefficient (Wildman–Crippen LogP) is 0.174. The van der Waals surface area contributed by atoms with Gasteiger partial charge < -0.3 is 20.9 Å². The van der Waals surface area contributed by atoms with Crippen LogP contribution in [0.4, 0.5) is 0 Å². The van der Waals surface area contributed by atoms with Crippen LogP contribution in [0.1, 0.15) is 39.5 Å². The van der Waals surface area contributed by atoms with Crippen LogP contribution in [0, 0.1) is 0 Å². The van der Waals surface area contributed by atoms with Crippen LogP contribution in [0.3, 0.4) is 0 Å². The topological polar surface area (TPSA) is 78.7 Å². The summed E-state index contributed by atoms with van der Waals surface area (Å²) in [6, 6.07) is -0.560. The summed E-state index contributed by atoms with van der Waals surface area (Å²) in [5.41, 5.74) is 5.41. The Morgan fingerprint density at radius 1 is 1.19 bits per heavy atom. The van der Waals surface area contributed by atoms with Crippen molar-refractivity contribution in [2.24, 2.45) is 5.73 Å². The first-order valence-corrected chi connectivity index (χ1v) is 8.11. The highest BCUT2D eigenvalue weighted by atomic mass is 16.2. The molecule has 0 saturated carbocycles. The zero-order chi connectivity index (χ0) is 15.7. The van der Waals surface area contributed by atoms with E-state index in [0.717, 1.165) is 45.6 Å². The third-order valence-electron chi connectivity index (χ3n) is 4.14. The molecule has 21 heavy (non-hydrogen) atoms. The van der Waals surface area contributed by atoms with E-state index in [2.05, 4.69) is 24.1 Å². The molecular formula is C15H30N4O2. The number of amides is 2. The molecule has 0 aliphatic carbocycles. The number of piperidine rings is 1. The van der Waals surface area contributed by atoms with E-state index in [4.69, 9.17) is 5.73 Å². The lowest BCUT2D eigenvalue weighted by Crippen LogP contribution is -2.48. The summed E-state index contributed by atoms with van der Waals surface area (Å²) in [6.45, 7) is 9.31. The van der Waals surface area contributed by atoms with Crippen LogP contribution in [0.2, 0.25) is 0 Å². The van der Waals surface area contributed by atoms with Crippen molar-refractivity contribution in [3.05, 3.63) is 0 Å². The first kappa shape index (κ1) is 17.9. The van der Waals surface area contributed by atoms with Crippen molar-refractivity contribution in [3.63, 3.8) is 0 Å². The monoisotopic (exact) mass is 298 g/mol. The van der Waals surface area contributed by atoms with Crippen LogP contribution in [0.25, 0.3) is 0 Å². The molecule has 0 spiro atoms. The predicted molar refractivity (Wildman–Crippen MR) is 83.8 cm³/mol. The van der Waals surface area contributed by atoms with Gasteiger partial charge in [-0.05, 0) is 32.4 Å². The number of nitrogens with two attached hydrogens (primary N) is 1. The van der Waals surface area contributed by atoms with E-state index < -0.39 is 11.9 Å². The maximum atomic E-state index is 12.2. The summed E-state index contributed by atoms with van der Waals surface area (Å²) in [7, 11) is 0. The largest absolute Gasteiger partial charge is 0.368 e. The maximum Gasteiger partial charge on any atom is 0.235 e. The van der Waals surface area contributed by atoms with Gasteiger partial charge in [-0.1, -0.05) is 13.8 Å². The van der Waals surface area contributed by atoms with Crippen molar-refractivity contribution in [1.82, 2.24) is 15.1 Å².